The molecular weight excluding hydrogens is 501 g/mol. The van der Waals surface area contributed by atoms with Crippen LogP contribution in [0.2, 0.25) is 15.1 Å². The predicted octanol–water partition coefficient (Wildman–Crippen LogP) is 10.5. The molecule has 0 aliphatic rings. The maximum Gasteiger partial charge on any atom is 0.103 e. The minimum atomic E-state index is -2.31. The van der Waals surface area contributed by atoms with Gasteiger partial charge in [-0.2, -0.15) is 0 Å². The van der Waals surface area contributed by atoms with Gasteiger partial charge in [-0.15, -0.1) is 0 Å². The van der Waals surface area contributed by atoms with Gasteiger partial charge in [-0.05, 0) is 51.5 Å². The Bertz CT molecular complexity index is 1930. The van der Waals surface area contributed by atoms with Crippen LogP contribution in [0.5, 0.6) is 0 Å². The van der Waals surface area contributed by atoms with E-state index in [1.54, 1.807) is 4.57 Å². The summed E-state index contributed by atoms with van der Waals surface area (Å²) in [5.74, 6) is 0. The highest BCUT2D eigenvalue weighted by Gasteiger charge is 2.60. The summed E-state index contributed by atoms with van der Waals surface area (Å²) in [4.78, 5) is 0. The first-order valence-electron chi connectivity index (χ1n) is 16.0. The maximum atomic E-state index is 8.54. The standard InChI is InChI=1S/C37H44N2Si/c1-35(2,3)40(36(4,5)6,37(7,8)9)26-20-22-32-30(24-26)29-23-25(19-21-31(29)38(32)10)39-33-17-13-11-15-27(33)28-16-12-14-18-34(28)39/h11-24H,1-10H3/i10D3. The van der Waals surface area contributed by atoms with Gasteiger partial charge in [0, 0.05) is 49.4 Å². The molecule has 0 bridgehead atoms. The van der Waals surface area contributed by atoms with Crippen molar-refractivity contribution in [3.8, 4) is 5.69 Å². The SMILES string of the molecule is [2H]C([2H])([2H])n1c2ccc(-n3c4ccccc4c4ccccc43)cc2c2cc([Si](C(C)(C)C)(C(C)(C)C)C(C)(C)C)ccc21. The molecule has 0 aliphatic carbocycles. The predicted molar refractivity (Wildman–Crippen MR) is 179 cm³/mol. The van der Waals surface area contributed by atoms with Crippen molar-refractivity contribution in [2.75, 3.05) is 0 Å². The smallest absolute Gasteiger partial charge is 0.103 e. The van der Waals surface area contributed by atoms with Crippen LogP contribution >= 0.6 is 0 Å². The summed E-state index contributed by atoms with van der Waals surface area (Å²) in [6.45, 7) is 19.4. The lowest BCUT2D eigenvalue weighted by atomic mass is 10.1. The number of hydrogen-bond acceptors (Lipinski definition) is 0. The molecule has 6 rings (SSSR count). The van der Waals surface area contributed by atoms with Crippen LogP contribution in [0.3, 0.4) is 0 Å². The molecule has 3 heteroatoms. The lowest BCUT2D eigenvalue weighted by molar-refractivity contribution is 0.547. The van der Waals surface area contributed by atoms with Crippen molar-refractivity contribution >= 4 is 56.9 Å². The summed E-state index contributed by atoms with van der Waals surface area (Å²) in [6.07, 6.45) is 0. The molecule has 0 atom stereocenters. The summed E-state index contributed by atoms with van der Waals surface area (Å²) < 4.78 is 29.5. The molecule has 0 spiro atoms. The Morgan fingerprint density at radius 2 is 1.00 bits per heavy atom. The van der Waals surface area contributed by atoms with E-state index in [9.17, 15) is 0 Å². The summed E-state index contributed by atoms with van der Waals surface area (Å²) >= 11 is 0. The van der Waals surface area contributed by atoms with Crippen LogP contribution in [0.25, 0.3) is 49.3 Å². The van der Waals surface area contributed by atoms with E-state index in [0.717, 1.165) is 38.5 Å². The lowest BCUT2D eigenvalue weighted by Gasteiger charge is -2.59. The zero-order valence-corrected chi connectivity index (χ0v) is 26.5. The van der Waals surface area contributed by atoms with Crippen LogP contribution in [-0.2, 0) is 6.98 Å². The van der Waals surface area contributed by atoms with Crippen molar-refractivity contribution in [2.45, 2.75) is 77.4 Å². The minimum absolute atomic E-state index is 0.0632. The van der Waals surface area contributed by atoms with E-state index < -0.39 is 15.0 Å². The van der Waals surface area contributed by atoms with Gasteiger partial charge in [-0.1, -0.05) is 116 Å². The van der Waals surface area contributed by atoms with Gasteiger partial charge >= 0.3 is 0 Å². The van der Waals surface area contributed by atoms with Crippen LogP contribution in [0.4, 0.5) is 0 Å². The van der Waals surface area contributed by atoms with E-state index in [2.05, 4.69) is 146 Å². The van der Waals surface area contributed by atoms with Gasteiger partial charge in [0.15, 0.2) is 0 Å². The molecule has 0 radical (unpaired) electrons. The van der Waals surface area contributed by atoms with Crippen LogP contribution in [0, 0.1) is 0 Å². The fourth-order valence-electron chi connectivity index (χ4n) is 9.26. The number of nitrogens with zero attached hydrogens (tertiary/aromatic N) is 2. The van der Waals surface area contributed by atoms with E-state index >= 15 is 0 Å². The summed E-state index contributed by atoms with van der Waals surface area (Å²) in [5.41, 5.74) is 4.82. The van der Waals surface area contributed by atoms with Gasteiger partial charge < -0.3 is 9.13 Å². The monoisotopic (exact) mass is 547 g/mol. The van der Waals surface area contributed by atoms with E-state index in [1.807, 2.05) is 6.07 Å². The number of benzene rings is 4. The molecule has 2 nitrogen and oxygen atoms in total. The third-order valence-corrected chi connectivity index (χ3v) is 17.3. The Labute approximate surface area is 244 Å². The van der Waals surface area contributed by atoms with Crippen molar-refractivity contribution in [2.24, 2.45) is 6.98 Å². The highest BCUT2D eigenvalue weighted by atomic mass is 28.3. The fraction of sp³-hybridized carbons (Fsp3) is 0.351. The number of aromatic nitrogens is 2. The number of hydrogen-bond donors (Lipinski definition) is 0. The molecule has 0 unspecified atom stereocenters. The Morgan fingerprint density at radius 3 is 1.50 bits per heavy atom. The zero-order valence-electron chi connectivity index (χ0n) is 28.5. The molecule has 4 aromatic carbocycles. The molecule has 2 aromatic heterocycles. The van der Waals surface area contributed by atoms with Gasteiger partial charge in [0.25, 0.3) is 0 Å². The molecule has 0 N–H and O–H groups in total. The molecule has 206 valence electrons. The van der Waals surface area contributed by atoms with Gasteiger partial charge in [-0.3, -0.25) is 0 Å². The van der Waals surface area contributed by atoms with Crippen molar-refractivity contribution in [3.63, 3.8) is 0 Å². The van der Waals surface area contributed by atoms with E-state index in [4.69, 9.17) is 4.11 Å². The van der Waals surface area contributed by atoms with Crippen molar-refractivity contribution in [1.82, 2.24) is 9.13 Å². The molecule has 2 heterocycles. The normalized spacial score (nSPS) is 15.2. The van der Waals surface area contributed by atoms with Crippen molar-refractivity contribution < 1.29 is 4.11 Å². The van der Waals surface area contributed by atoms with Gasteiger partial charge in [0.1, 0.15) is 8.07 Å². The number of para-hydroxylation sites is 2. The fourth-order valence-corrected chi connectivity index (χ4v) is 19.3. The number of aryl methyl sites for hydroxylation is 1. The van der Waals surface area contributed by atoms with E-state index in [1.165, 1.54) is 16.0 Å². The number of rotatable bonds is 2. The van der Waals surface area contributed by atoms with Gasteiger partial charge in [-0.25, -0.2) is 0 Å². The van der Waals surface area contributed by atoms with Crippen molar-refractivity contribution in [1.29, 1.82) is 0 Å². The lowest BCUT2D eigenvalue weighted by Crippen LogP contribution is -2.66. The molecule has 6 aromatic rings. The van der Waals surface area contributed by atoms with Crippen LogP contribution in [-0.4, -0.2) is 17.2 Å². The average molecular weight is 548 g/mol. The van der Waals surface area contributed by atoms with Crippen LogP contribution in [0.1, 0.15) is 66.4 Å². The first-order chi connectivity index (χ1) is 19.9. The maximum absolute atomic E-state index is 8.54. The molecular formula is C37H44N2Si. The molecule has 0 saturated heterocycles. The first-order valence-corrected chi connectivity index (χ1v) is 16.5. The first kappa shape index (κ1) is 23.4. The molecule has 0 aliphatic heterocycles. The molecule has 40 heavy (non-hydrogen) atoms. The molecule has 0 amide bonds. The second kappa shape index (κ2) is 8.60. The second-order valence-electron chi connectivity index (χ2n) is 14.6. The quantitative estimate of drug-likeness (QED) is 0.191. The van der Waals surface area contributed by atoms with Gasteiger partial charge in [0.2, 0.25) is 0 Å². The highest BCUT2D eigenvalue weighted by molar-refractivity contribution is 6.98. The average Bonchev–Trinajstić information content (AvgIpc) is 3.39. The molecule has 0 saturated carbocycles. The topological polar surface area (TPSA) is 9.86 Å². The Kier molecular flexibility index (Phi) is 5.03. The van der Waals surface area contributed by atoms with Crippen LogP contribution < -0.4 is 5.19 Å². The Hall–Kier alpha value is -3.30. The number of fused-ring (bicyclic) bond motifs is 6. The third kappa shape index (κ3) is 3.53. The van der Waals surface area contributed by atoms with E-state index in [0.29, 0.717) is 0 Å². The minimum Gasteiger partial charge on any atom is -0.344 e. The van der Waals surface area contributed by atoms with E-state index in [-0.39, 0.29) is 15.1 Å². The Balaban J connectivity index is 1.74. The van der Waals surface area contributed by atoms with Crippen molar-refractivity contribution in [3.05, 3.63) is 84.9 Å². The third-order valence-electron chi connectivity index (χ3n) is 9.39. The largest absolute Gasteiger partial charge is 0.344 e. The summed E-state index contributed by atoms with van der Waals surface area (Å²) in [5, 5.41) is 5.99. The Morgan fingerprint density at radius 1 is 0.525 bits per heavy atom. The van der Waals surface area contributed by atoms with Gasteiger partial charge in [0.05, 0.1) is 11.0 Å². The molecule has 0 fully saturated rings. The summed E-state index contributed by atoms with van der Waals surface area (Å²) in [7, 11) is -2.31. The highest BCUT2D eigenvalue weighted by Crippen LogP contribution is 2.61. The van der Waals surface area contributed by atoms with Crippen LogP contribution in [0.15, 0.2) is 84.9 Å². The second-order valence-corrected chi connectivity index (χ2v) is 21.2. The summed E-state index contributed by atoms with van der Waals surface area (Å²) in [6, 6.07) is 30.0. The zero-order chi connectivity index (χ0) is 31.3.